The zero-order valence-electron chi connectivity index (χ0n) is 18.5. The van der Waals surface area contributed by atoms with Crippen molar-refractivity contribution in [3.8, 4) is 5.88 Å². The minimum absolute atomic E-state index is 0.0171. The number of rotatable bonds is 8. The van der Waals surface area contributed by atoms with Crippen molar-refractivity contribution >= 4 is 22.4 Å². The van der Waals surface area contributed by atoms with Gasteiger partial charge in [-0.25, -0.2) is 23.1 Å². The number of nitrogens with zero attached hydrogens (tertiary/aromatic N) is 4. The molecule has 178 valence electrons. The molecule has 2 aromatic carbocycles. The number of halogens is 4. The molecular formula is C24H22ClF3N4O2. The molecule has 0 spiro atoms. The third-order valence-corrected chi connectivity index (χ3v) is 5.93. The number of hydrogen-bond donors (Lipinski definition) is 1. The number of aromatic nitrogens is 4. The van der Waals surface area contributed by atoms with Crippen molar-refractivity contribution in [2.75, 3.05) is 0 Å². The van der Waals surface area contributed by atoms with Crippen molar-refractivity contribution in [2.24, 2.45) is 7.05 Å². The van der Waals surface area contributed by atoms with Crippen molar-refractivity contribution in [3.63, 3.8) is 0 Å². The second-order valence-electron chi connectivity index (χ2n) is 8.12. The number of aryl methyl sites for hydroxylation is 1. The largest absolute Gasteiger partial charge is 0.469 e. The number of pyridine rings is 1. The van der Waals surface area contributed by atoms with Crippen LogP contribution in [0.25, 0.3) is 10.8 Å². The fraction of sp³-hybridized carbons (Fsp3) is 0.292. The van der Waals surface area contributed by atoms with E-state index in [1.807, 2.05) is 6.92 Å². The molecule has 2 atom stereocenters. The Bertz CT molecular complexity index is 1330. The van der Waals surface area contributed by atoms with Gasteiger partial charge < -0.3 is 9.84 Å². The van der Waals surface area contributed by atoms with Crippen LogP contribution in [0.2, 0.25) is 5.02 Å². The minimum Gasteiger partial charge on any atom is -0.469 e. The maximum atomic E-state index is 14.1. The zero-order chi connectivity index (χ0) is 24.4. The van der Waals surface area contributed by atoms with Crippen molar-refractivity contribution in [1.82, 2.24) is 19.7 Å². The Morgan fingerprint density at radius 2 is 1.76 bits per heavy atom. The lowest BCUT2D eigenvalue weighted by Crippen LogP contribution is -2.05. The molecule has 0 bridgehead atoms. The number of fused-ring (bicyclic) bond motifs is 1. The molecule has 6 nitrogen and oxygen atoms in total. The molecule has 2 aromatic heterocycles. The second-order valence-corrected chi connectivity index (χ2v) is 8.53. The van der Waals surface area contributed by atoms with Gasteiger partial charge >= 0.3 is 0 Å². The first-order valence-electron chi connectivity index (χ1n) is 10.6. The average Bonchev–Trinajstić information content (AvgIpc) is 3.23. The molecule has 0 amide bonds. The standard InChI is InChI=1S/C24H22ClF3N4O2/c1-13(3-6-22(33)14-4-5-19(26)18(25)7-14)17-10-29-24(34-11-23-30-12-32(2)31-23)16-9-21(28)20(27)8-15(16)17/h4-5,7-10,12-13,22,33H,3,6,11H2,1-2H3. The summed E-state index contributed by atoms with van der Waals surface area (Å²) in [4.78, 5) is 8.41. The Kier molecular flexibility index (Phi) is 7.04. The van der Waals surface area contributed by atoms with E-state index in [4.69, 9.17) is 16.3 Å². The van der Waals surface area contributed by atoms with E-state index in [1.54, 1.807) is 13.2 Å². The molecule has 4 aromatic rings. The van der Waals surface area contributed by atoms with Gasteiger partial charge in [0.05, 0.1) is 11.1 Å². The summed E-state index contributed by atoms with van der Waals surface area (Å²) in [6, 6.07) is 6.26. The fourth-order valence-corrected chi connectivity index (χ4v) is 3.96. The number of aliphatic hydroxyl groups excluding tert-OH is 1. The summed E-state index contributed by atoms with van der Waals surface area (Å²) in [5.74, 6) is -2.14. The lowest BCUT2D eigenvalue weighted by atomic mass is 9.91. The van der Waals surface area contributed by atoms with Crippen LogP contribution in [0.4, 0.5) is 13.2 Å². The molecule has 34 heavy (non-hydrogen) atoms. The van der Waals surface area contributed by atoms with Crippen molar-refractivity contribution in [3.05, 3.63) is 82.3 Å². The number of benzene rings is 2. The molecule has 0 aliphatic heterocycles. The smallest absolute Gasteiger partial charge is 0.221 e. The molecule has 2 unspecified atom stereocenters. The summed E-state index contributed by atoms with van der Waals surface area (Å²) >= 11 is 5.81. The lowest BCUT2D eigenvalue weighted by Gasteiger charge is -2.18. The Morgan fingerprint density at radius 3 is 2.44 bits per heavy atom. The van der Waals surface area contributed by atoms with E-state index < -0.39 is 23.6 Å². The fourth-order valence-electron chi connectivity index (χ4n) is 3.77. The summed E-state index contributed by atoms with van der Waals surface area (Å²) in [6.45, 7) is 1.92. The molecular weight excluding hydrogens is 469 g/mol. The van der Waals surface area contributed by atoms with Gasteiger partial charge in [-0.05, 0) is 59.5 Å². The first kappa shape index (κ1) is 24.0. The van der Waals surface area contributed by atoms with E-state index in [2.05, 4.69) is 15.1 Å². The SMILES string of the molecule is CC(CCC(O)c1ccc(F)c(Cl)c1)c1cnc(OCc2ncn(C)n2)c2cc(F)c(F)cc12. The maximum absolute atomic E-state index is 14.1. The summed E-state index contributed by atoms with van der Waals surface area (Å²) in [5, 5.41) is 15.4. The van der Waals surface area contributed by atoms with Gasteiger partial charge in [-0.2, -0.15) is 5.10 Å². The van der Waals surface area contributed by atoms with Gasteiger partial charge in [-0.15, -0.1) is 0 Å². The molecule has 0 radical (unpaired) electrons. The van der Waals surface area contributed by atoms with Crippen LogP contribution in [0.5, 0.6) is 5.88 Å². The third-order valence-electron chi connectivity index (χ3n) is 5.64. The third kappa shape index (κ3) is 5.15. The predicted octanol–water partition coefficient (Wildman–Crippen LogP) is 5.63. The molecule has 10 heteroatoms. The molecule has 2 heterocycles. The number of aliphatic hydroxyl groups is 1. The van der Waals surface area contributed by atoms with E-state index in [0.29, 0.717) is 40.6 Å². The topological polar surface area (TPSA) is 73.1 Å². The Hall–Kier alpha value is -3.17. The van der Waals surface area contributed by atoms with Crippen LogP contribution in [-0.2, 0) is 13.7 Å². The quantitative estimate of drug-likeness (QED) is 0.346. The van der Waals surface area contributed by atoms with Crippen LogP contribution in [0.1, 0.15) is 48.7 Å². The molecule has 0 fully saturated rings. The van der Waals surface area contributed by atoms with E-state index in [-0.39, 0.29) is 23.4 Å². The van der Waals surface area contributed by atoms with Gasteiger partial charge in [0.15, 0.2) is 24.1 Å². The van der Waals surface area contributed by atoms with E-state index in [9.17, 15) is 18.3 Å². The Morgan fingerprint density at radius 1 is 1.03 bits per heavy atom. The normalized spacial score (nSPS) is 13.3. The highest BCUT2D eigenvalue weighted by Crippen LogP contribution is 2.35. The van der Waals surface area contributed by atoms with Crippen LogP contribution < -0.4 is 4.74 Å². The van der Waals surface area contributed by atoms with Crippen molar-refractivity contribution in [1.29, 1.82) is 0 Å². The predicted molar refractivity (Wildman–Crippen MR) is 121 cm³/mol. The van der Waals surface area contributed by atoms with Crippen LogP contribution in [-0.4, -0.2) is 24.9 Å². The monoisotopic (exact) mass is 490 g/mol. The van der Waals surface area contributed by atoms with Crippen LogP contribution >= 0.6 is 11.6 Å². The maximum Gasteiger partial charge on any atom is 0.221 e. The van der Waals surface area contributed by atoms with E-state index >= 15 is 0 Å². The molecule has 1 N–H and O–H groups in total. The summed E-state index contributed by atoms with van der Waals surface area (Å²) < 4.78 is 48.8. The Labute approximate surface area is 199 Å². The molecule has 4 rings (SSSR count). The summed E-state index contributed by atoms with van der Waals surface area (Å²) in [5.41, 5.74) is 1.18. The first-order chi connectivity index (χ1) is 16.2. The summed E-state index contributed by atoms with van der Waals surface area (Å²) in [7, 11) is 1.72. The highest BCUT2D eigenvalue weighted by Gasteiger charge is 2.19. The van der Waals surface area contributed by atoms with Gasteiger partial charge in [0, 0.05) is 18.6 Å². The van der Waals surface area contributed by atoms with Gasteiger partial charge in [0.1, 0.15) is 12.1 Å². The van der Waals surface area contributed by atoms with Gasteiger partial charge in [-0.1, -0.05) is 24.6 Å². The van der Waals surface area contributed by atoms with Crippen molar-refractivity contribution in [2.45, 2.75) is 38.4 Å². The van der Waals surface area contributed by atoms with Gasteiger partial charge in [-0.3, -0.25) is 4.68 Å². The average molecular weight is 491 g/mol. The molecule has 0 aliphatic rings. The second kappa shape index (κ2) is 9.99. The first-order valence-corrected chi connectivity index (χ1v) is 11.0. The highest BCUT2D eigenvalue weighted by molar-refractivity contribution is 6.30. The Balaban J connectivity index is 1.56. The lowest BCUT2D eigenvalue weighted by molar-refractivity contribution is 0.162. The number of hydrogen-bond acceptors (Lipinski definition) is 5. The van der Waals surface area contributed by atoms with E-state index in [1.165, 1.54) is 29.2 Å². The minimum atomic E-state index is -1.01. The van der Waals surface area contributed by atoms with Crippen LogP contribution in [0, 0.1) is 17.5 Å². The molecule has 0 aliphatic carbocycles. The van der Waals surface area contributed by atoms with Gasteiger partial charge in [0.25, 0.3) is 0 Å². The van der Waals surface area contributed by atoms with Gasteiger partial charge in [0.2, 0.25) is 5.88 Å². The van der Waals surface area contributed by atoms with Crippen LogP contribution in [0.3, 0.4) is 0 Å². The van der Waals surface area contributed by atoms with E-state index in [0.717, 1.165) is 12.1 Å². The van der Waals surface area contributed by atoms with Crippen LogP contribution in [0.15, 0.2) is 42.9 Å². The molecule has 0 saturated heterocycles. The number of ether oxygens (including phenoxy) is 1. The molecule has 0 saturated carbocycles. The summed E-state index contributed by atoms with van der Waals surface area (Å²) in [6.07, 6.45) is 3.08. The zero-order valence-corrected chi connectivity index (χ0v) is 19.2. The van der Waals surface area contributed by atoms with Crippen molar-refractivity contribution < 1.29 is 23.0 Å². The highest BCUT2D eigenvalue weighted by atomic mass is 35.5.